The van der Waals surface area contributed by atoms with E-state index in [1.807, 2.05) is 50.2 Å². The second-order valence-electron chi connectivity index (χ2n) is 9.29. The summed E-state index contributed by atoms with van der Waals surface area (Å²) in [6, 6.07) is 14.3. The third-order valence-corrected chi connectivity index (χ3v) is 6.65. The van der Waals surface area contributed by atoms with Crippen LogP contribution in [-0.4, -0.2) is 54.1 Å². The molecule has 1 atom stereocenters. The van der Waals surface area contributed by atoms with Gasteiger partial charge in [-0.25, -0.2) is 0 Å². The molecule has 1 unspecified atom stereocenters. The van der Waals surface area contributed by atoms with Gasteiger partial charge in [0.15, 0.2) is 0 Å². The number of hydrogen-bond donors (Lipinski definition) is 1. The van der Waals surface area contributed by atoms with E-state index in [1.165, 1.54) is 0 Å². The summed E-state index contributed by atoms with van der Waals surface area (Å²) in [5.74, 6) is -0.217. The molecule has 0 aliphatic carbocycles. The lowest BCUT2D eigenvalue weighted by atomic mass is 10.0. The highest BCUT2D eigenvalue weighted by Crippen LogP contribution is 2.24. The van der Waals surface area contributed by atoms with Gasteiger partial charge in [-0.2, -0.15) is 5.26 Å². The summed E-state index contributed by atoms with van der Waals surface area (Å²) in [7, 11) is 1.68. The summed E-state index contributed by atoms with van der Waals surface area (Å²) < 4.78 is 7.46. The Morgan fingerprint density at radius 3 is 2.54 bits per heavy atom. The maximum Gasteiger partial charge on any atom is 0.264 e. The van der Waals surface area contributed by atoms with Crippen LogP contribution < -0.4 is 5.32 Å². The van der Waals surface area contributed by atoms with E-state index in [0.29, 0.717) is 45.4 Å². The van der Waals surface area contributed by atoms with Crippen molar-refractivity contribution in [3.05, 3.63) is 64.5 Å². The predicted molar refractivity (Wildman–Crippen MR) is 137 cm³/mol. The first-order valence-corrected chi connectivity index (χ1v) is 12.3. The number of hydrogen-bond acceptors (Lipinski definition) is 4. The van der Waals surface area contributed by atoms with Gasteiger partial charge < -0.3 is 19.5 Å². The molecule has 1 fully saturated rings. The monoisotopic (exact) mass is 476 g/mol. The van der Waals surface area contributed by atoms with Gasteiger partial charge in [0, 0.05) is 44.0 Å². The van der Waals surface area contributed by atoms with Crippen molar-refractivity contribution in [3.8, 4) is 6.07 Å². The third kappa shape index (κ3) is 6.83. The van der Waals surface area contributed by atoms with E-state index < -0.39 is 0 Å². The van der Waals surface area contributed by atoms with Gasteiger partial charge in [-0.1, -0.05) is 30.3 Å². The molecule has 1 saturated heterocycles. The molecule has 0 saturated carbocycles. The van der Waals surface area contributed by atoms with Gasteiger partial charge in [0.05, 0.1) is 12.6 Å². The van der Waals surface area contributed by atoms with E-state index in [9.17, 15) is 14.9 Å². The summed E-state index contributed by atoms with van der Waals surface area (Å²) >= 11 is 0. The summed E-state index contributed by atoms with van der Waals surface area (Å²) in [6.07, 6.45) is 4.23. The quantitative estimate of drug-likeness (QED) is 0.438. The van der Waals surface area contributed by atoms with Crippen LogP contribution in [0, 0.1) is 25.2 Å². The number of aromatic nitrogens is 1. The Morgan fingerprint density at radius 1 is 1.23 bits per heavy atom. The predicted octanol–water partition coefficient (Wildman–Crippen LogP) is 3.96. The molecule has 2 heterocycles. The number of carbonyl (C=O) groups is 2. The molecule has 0 spiro atoms. The smallest absolute Gasteiger partial charge is 0.264 e. The van der Waals surface area contributed by atoms with Crippen molar-refractivity contribution in [2.24, 2.45) is 0 Å². The Balaban J connectivity index is 1.56. The van der Waals surface area contributed by atoms with Crippen molar-refractivity contribution in [3.63, 3.8) is 0 Å². The first-order valence-electron chi connectivity index (χ1n) is 12.3. The Bertz CT molecular complexity index is 1090. The van der Waals surface area contributed by atoms with Crippen LogP contribution >= 0.6 is 0 Å². The number of rotatable bonds is 9. The van der Waals surface area contributed by atoms with Gasteiger partial charge >= 0.3 is 0 Å². The third-order valence-electron chi connectivity index (χ3n) is 6.65. The van der Waals surface area contributed by atoms with Gasteiger partial charge in [0.25, 0.3) is 5.91 Å². The van der Waals surface area contributed by atoms with Crippen LogP contribution in [-0.2, 0) is 20.7 Å². The fourth-order valence-corrected chi connectivity index (χ4v) is 4.84. The molecule has 7 heteroatoms. The van der Waals surface area contributed by atoms with E-state index in [2.05, 4.69) is 22.9 Å². The summed E-state index contributed by atoms with van der Waals surface area (Å²) in [6.45, 7) is 7.72. The Morgan fingerprint density at radius 2 is 1.91 bits per heavy atom. The summed E-state index contributed by atoms with van der Waals surface area (Å²) in [5, 5.41) is 12.8. The van der Waals surface area contributed by atoms with Crippen molar-refractivity contribution < 1.29 is 14.3 Å². The second-order valence-corrected chi connectivity index (χ2v) is 9.29. The highest BCUT2D eigenvalue weighted by atomic mass is 16.5. The Kier molecular flexibility index (Phi) is 9.27. The SMILES string of the molecule is COCC(C)n1c(C)cc(/C=C(/C#N)C(=O)N2CCC(NC(=O)CCc3ccccc3)CC2)c1C. The number of ether oxygens (including phenoxy) is 1. The van der Waals surface area contributed by atoms with Crippen molar-refractivity contribution in [2.75, 3.05) is 26.8 Å². The zero-order valence-corrected chi connectivity index (χ0v) is 21.2. The maximum absolute atomic E-state index is 13.1. The van der Waals surface area contributed by atoms with Gasteiger partial charge in [0.1, 0.15) is 11.6 Å². The number of piperidine rings is 1. The lowest BCUT2D eigenvalue weighted by molar-refractivity contribution is -0.128. The molecule has 2 aromatic rings. The molecule has 0 radical (unpaired) electrons. The standard InChI is InChI=1S/C28H36N4O3/c1-20-16-24(22(3)32(20)21(2)19-35-4)17-25(18-29)28(34)31-14-12-26(13-15-31)30-27(33)11-10-23-8-6-5-7-9-23/h5-9,16-17,21,26H,10-15,19H2,1-4H3,(H,30,33)/b25-17-. The molecule has 2 amide bonds. The van der Waals surface area contributed by atoms with Crippen molar-refractivity contribution in [2.45, 2.75) is 58.5 Å². The topological polar surface area (TPSA) is 87.4 Å². The fourth-order valence-electron chi connectivity index (χ4n) is 4.84. The number of methoxy groups -OCH3 is 1. The van der Waals surface area contributed by atoms with E-state index in [4.69, 9.17) is 4.74 Å². The van der Waals surface area contributed by atoms with E-state index in [1.54, 1.807) is 18.1 Å². The summed E-state index contributed by atoms with van der Waals surface area (Å²) in [5.41, 5.74) is 4.22. The zero-order chi connectivity index (χ0) is 25.4. The van der Waals surface area contributed by atoms with Crippen LogP contribution in [0.4, 0.5) is 0 Å². The van der Waals surface area contributed by atoms with Crippen molar-refractivity contribution >= 4 is 17.9 Å². The molecule has 1 aliphatic rings. The number of amides is 2. The van der Waals surface area contributed by atoms with Gasteiger partial charge in [0.2, 0.25) is 5.91 Å². The molecule has 1 aromatic heterocycles. The Hall–Kier alpha value is -3.37. The second kappa shape index (κ2) is 12.4. The first kappa shape index (κ1) is 26.2. The Labute approximate surface area is 208 Å². The highest BCUT2D eigenvalue weighted by Gasteiger charge is 2.26. The largest absolute Gasteiger partial charge is 0.383 e. The molecule has 3 rings (SSSR count). The number of nitrogens with one attached hydrogen (secondary N) is 1. The minimum atomic E-state index is -0.254. The maximum atomic E-state index is 13.1. The number of carbonyl (C=O) groups excluding carboxylic acids is 2. The molecule has 186 valence electrons. The molecule has 35 heavy (non-hydrogen) atoms. The van der Waals surface area contributed by atoms with Crippen LogP contribution in [0.1, 0.15) is 54.7 Å². The minimum Gasteiger partial charge on any atom is -0.383 e. The van der Waals surface area contributed by atoms with Crippen LogP contribution in [0.15, 0.2) is 42.0 Å². The average molecular weight is 477 g/mol. The lowest BCUT2D eigenvalue weighted by Crippen LogP contribution is -2.46. The molecular formula is C28H36N4O3. The van der Waals surface area contributed by atoms with E-state index in [-0.39, 0.29) is 29.5 Å². The van der Waals surface area contributed by atoms with Crippen LogP contribution in [0.3, 0.4) is 0 Å². The molecule has 1 aliphatic heterocycles. The molecule has 7 nitrogen and oxygen atoms in total. The van der Waals surface area contributed by atoms with Crippen LogP contribution in [0.5, 0.6) is 0 Å². The normalized spacial score (nSPS) is 15.5. The molecule has 1 aromatic carbocycles. The fraction of sp³-hybridized carbons (Fsp3) is 0.464. The number of nitriles is 1. The number of benzene rings is 1. The van der Waals surface area contributed by atoms with Gasteiger partial charge in [-0.15, -0.1) is 0 Å². The number of likely N-dealkylation sites (tertiary alicyclic amines) is 1. The van der Waals surface area contributed by atoms with Crippen molar-refractivity contribution in [1.82, 2.24) is 14.8 Å². The van der Waals surface area contributed by atoms with E-state index in [0.717, 1.165) is 22.5 Å². The number of aryl methyl sites for hydroxylation is 2. The first-order chi connectivity index (χ1) is 16.8. The molecular weight excluding hydrogens is 440 g/mol. The van der Waals surface area contributed by atoms with Gasteiger partial charge in [-0.3, -0.25) is 9.59 Å². The van der Waals surface area contributed by atoms with Crippen LogP contribution in [0.2, 0.25) is 0 Å². The molecule has 0 bridgehead atoms. The number of nitrogens with zero attached hydrogens (tertiary/aromatic N) is 3. The van der Waals surface area contributed by atoms with Crippen LogP contribution in [0.25, 0.3) is 6.08 Å². The lowest BCUT2D eigenvalue weighted by Gasteiger charge is -2.32. The highest BCUT2D eigenvalue weighted by molar-refractivity contribution is 6.01. The molecule has 1 N–H and O–H groups in total. The summed E-state index contributed by atoms with van der Waals surface area (Å²) in [4.78, 5) is 27.2. The zero-order valence-electron chi connectivity index (χ0n) is 21.2. The minimum absolute atomic E-state index is 0.0364. The average Bonchev–Trinajstić information content (AvgIpc) is 3.14. The van der Waals surface area contributed by atoms with E-state index >= 15 is 0 Å². The van der Waals surface area contributed by atoms with Gasteiger partial charge in [-0.05, 0) is 63.3 Å². The van der Waals surface area contributed by atoms with Crippen molar-refractivity contribution in [1.29, 1.82) is 5.26 Å².